The fourth-order valence-corrected chi connectivity index (χ4v) is 2.46. The van der Waals surface area contributed by atoms with E-state index in [2.05, 4.69) is 15.5 Å². The SMILES string of the molecule is Cc1ccc(C=NNC(=O)c2nc(Cl)c(Cl)c(N)c2Cl)c(C)c1. The molecule has 1 aromatic heterocycles. The second kappa shape index (κ2) is 7.17. The third-order valence-corrected chi connectivity index (χ3v) is 4.22. The number of carbonyl (C=O) groups excluding carboxylic acids is 1. The highest BCUT2D eigenvalue weighted by Gasteiger charge is 2.19. The first kappa shape index (κ1) is 17.5. The molecule has 0 aliphatic rings. The molecular weight excluding hydrogens is 359 g/mol. The average Bonchev–Trinajstić information content (AvgIpc) is 2.50. The Morgan fingerprint density at radius 3 is 2.61 bits per heavy atom. The molecule has 0 spiro atoms. The largest absolute Gasteiger partial charge is 0.396 e. The number of hydrogen-bond donors (Lipinski definition) is 2. The zero-order chi connectivity index (χ0) is 17.1. The fourth-order valence-electron chi connectivity index (χ4n) is 1.87. The van der Waals surface area contributed by atoms with Crippen LogP contribution >= 0.6 is 34.8 Å². The van der Waals surface area contributed by atoms with Gasteiger partial charge in [0.15, 0.2) is 10.8 Å². The van der Waals surface area contributed by atoms with Gasteiger partial charge in [0, 0.05) is 0 Å². The van der Waals surface area contributed by atoms with Crippen LogP contribution in [0.2, 0.25) is 15.2 Å². The van der Waals surface area contributed by atoms with E-state index in [0.717, 1.165) is 16.7 Å². The van der Waals surface area contributed by atoms with E-state index in [4.69, 9.17) is 40.5 Å². The van der Waals surface area contributed by atoms with Crippen LogP contribution in [0, 0.1) is 13.8 Å². The number of amides is 1. The van der Waals surface area contributed by atoms with E-state index in [1.165, 1.54) is 6.21 Å². The minimum Gasteiger partial charge on any atom is -0.396 e. The van der Waals surface area contributed by atoms with Crippen LogP contribution in [0.25, 0.3) is 0 Å². The van der Waals surface area contributed by atoms with Crippen LogP contribution < -0.4 is 11.2 Å². The number of nitrogens with two attached hydrogens (primary N) is 1. The minimum atomic E-state index is -0.638. The zero-order valence-electron chi connectivity index (χ0n) is 12.3. The van der Waals surface area contributed by atoms with Gasteiger partial charge in [0.25, 0.3) is 5.91 Å². The first-order valence-electron chi connectivity index (χ1n) is 6.52. The Hall–Kier alpha value is -1.82. The number of hydrogen-bond acceptors (Lipinski definition) is 4. The molecule has 23 heavy (non-hydrogen) atoms. The molecule has 1 aromatic carbocycles. The number of rotatable bonds is 3. The quantitative estimate of drug-likeness (QED) is 0.486. The number of halogens is 3. The van der Waals surface area contributed by atoms with Gasteiger partial charge in [0.2, 0.25) is 0 Å². The van der Waals surface area contributed by atoms with E-state index in [1.54, 1.807) is 0 Å². The first-order chi connectivity index (χ1) is 10.8. The van der Waals surface area contributed by atoms with Crippen LogP contribution in [0.1, 0.15) is 27.2 Å². The number of aromatic nitrogens is 1. The van der Waals surface area contributed by atoms with E-state index in [9.17, 15) is 4.79 Å². The number of nitrogens with one attached hydrogen (secondary N) is 1. The van der Waals surface area contributed by atoms with E-state index < -0.39 is 5.91 Å². The second-order valence-electron chi connectivity index (χ2n) is 4.85. The smallest absolute Gasteiger partial charge is 0.291 e. The van der Waals surface area contributed by atoms with Gasteiger partial charge in [-0.05, 0) is 25.0 Å². The van der Waals surface area contributed by atoms with Gasteiger partial charge >= 0.3 is 0 Å². The lowest BCUT2D eigenvalue weighted by molar-refractivity contribution is 0.0950. The van der Waals surface area contributed by atoms with Gasteiger partial charge < -0.3 is 5.73 Å². The van der Waals surface area contributed by atoms with Crippen LogP contribution in [0.4, 0.5) is 5.69 Å². The summed E-state index contributed by atoms with van der Waals surface area (Å²) in [5.41, 5.74) is 10.9. The summed E-state index contributed by atoms with van der Waals surface area (Å²) in [4.78, 5) is 15.9. The number of carbonyl (C=O) groups is 1. The number of pyridine rings is 1. The fraction of sp³-hybridized carbons (Fsp3) is 0.133. The van der Waals surface area contributed by atoms with Crippen molar-refractivity contribution in [2.24, 2.45) is 5.10 Å². The van der Waals surface area contributed by atoms with Gasteiger partial charge in [-0.1, -0.05) is 58.6 Å². The third-order valence-electron chi connectivity index (χ3n) is 3.08. The molecule has 0 unspecified atom stereocenters. The van der Waals surface area contributed by atoms with Crippen LogP contribution in [-0.2, 0) is 0 Å². The maximum atomic E-state index is 12.1. The van der Waals surface area contributed by atoms with Crippen molar-refractivity contribution in [3.8, 4) is 0 Å². The van der Waals surface area contributed by atoms with Crippen molar-refractivity contribution in [1.82, 2.24) is 10.4 Å². The molecule has 2 aromatic rings. The number of nitrogens with zero attached hydrogens (tertiary/aromatic N) is 2. The summed E-state index contributed by atoms with van der Waals surface area (Å²) >= 11 is 17.6. The molecule has 0 aliphatic carbocycles. The van der Waals surface area contributed by atoms with Gasteiger partial charge in [-0.3, -0.25) is 4.79 Å². The Bertz CT molecular complexity index is 806. The normalized spacial score (nSPS) is 11.0. The summed E-state index contributed by atoms with van der Waals surface area (Å²) in [5, 5.41) is 3.73. The lowest BCUT2D eigenvalue weighted by Gasteiger charge is -2.07. The predicted molar refractivity (Wildman–Crippen MR) is 94.7 cm³/mol. The minimum absolute atomic E-state index is 0.00292. The summed E-state index contributed by atoms with van der Waals surface area (Å²) in [6.45, 7) is 3.95. The summed E-state index contributed by atoms with van der Waals surface area (Å²) in [5.74, 6) is -0.638. The molecule has 1 amide bonds. The molecule has 0 saturated carbocycles. The maximum absolute atomic E-state index is 12.1. The number of benzene rings is 1. The monoisotopic (exact) mass is 370 g/mol. The highest BCUT2D eigenvalue weighted by Crippen LogP contribution is 2.34. The topological polar surface area (TPSA) is 80.4 Å². The molecule has 5 nitrogen and oxygen atoms in total. The summed E-state index contributed by atoms with van der Waals surface area (Å²) in [7, 11) is 0. The van der Waals surface area contributed by atoms with E-state index in [0.29, 0.717) is 0 Å². The summed E-state index contributed by atoms with van der Waals surface area (Å²) < 4.78 is 0. The molecule has 0 radical (unpaired) electrons. The zero-order valence-corrected chi connectivity index (χ0v) is 14.6. The number of nitrogen functional groups attached to an aromatic ring is 1. The van der Waals surface area contributed by atoms with Crippen molar-refractivity contribution in [2.75, 3.05) is 5.73 Å². The molecule has 1 heterocycles. The van der Waals surface area contributed by atoms with Crippen LogP contribution in [0.3, 0.4) is 0 Å². The van der Waals surface area contributed by atoms with Crippen molar-refractivity contribution in [2.45, 2.75) is 13.8 Å². The Labute approximate surface area is 148 Å². The highest BCUT2D eigenvalue weighted by molar-refractivity contribution is 6.46. The highest BCUT2D eigenvalue weighted by atomic mass is 35.5. The second-order valence-corrected chi connectivity index (χ2v) is 5.97. The van der Waals surface area contributed by atoms with Gasteiger partial charge in [-0.25, -0.2) is 10.4 Å². The standard InChI is InChI=1S/C15H13Cl3N4O/c1-7-3-4-9(8(2)5-7)6-20-22-15(23)13-10(16)12(19)11(17)14(18)21-13/h3-6H,1-2H3,(H2,19,21)(H,22,23). The van der Waals surface area contributed by atoms with Gasteiger partial charge in [0.05, 0.1) is 16.9 Å². The molecule has 0 aliphatic heterocycles. The van der Waals surface area contributed by atoms with E-state index in [-0.39, 0.29) is 26.6 Å². The molecular formula is C15H13Cl3N4O. The lowest BCUT2D eigenvalue weighted by Crippen LogP contribution is -2.20. The molecule has 0 atom stereocenters. The predicted octanol–water partition coefficient (Wildman–Crippen LogP) is 4.00. The lowest BCUT2D eigenvalue weighted by atomic mass is 10.1. The summed E-state index contributed by atoms with van der Waals surface area (Å²) in [6.07, 6.45) is 1.53. The Balaban J connectivity index is 2.18. The number of anilines is 1. The number of hydrazone groups is 1. The molecule has 0 fully saturated rings. The van der Waals surface area contributed by atoms with E-state index >= 15 is 0 Å². The van der Waals surface area contributed by atoms with Crippen molar-refractivity contribution < 1.29 is 4.79 Å². The molecule has 0 saturated heterocycles. The van der Waals surface area contributed by atoms with Crippen molar-refractivity contribution in [1.29, 1.82) is 0 Å². The van der Waals surface area contributed by atoms with Crippen molar-refractivity contribution >= 4 is 52.6 Å². The third kappa shape index (κ3) is 3.93. The van der Waals surface area contributed by atoms with Crippen LogP contribution in [0.5, 0.6) is 0 Å². The molecule has 0 bridgehead atoms. The van der Waals surface area contributed by atoms with Crippen LogP contribution in [0.15, 0.2) is 23.3 Å². The van der Waals surface area contributed by atoms with Gasteiger partial charge in [-0.15, -0.1) is 0 Å². The summed E-state index contributed by atoms with van der Waals surface area (Å²) in [6, 6.07) is 5.87. The van der Waals surface area contributed by atoms with Gasteiger partial charge in [-0.2, -0.15) is 5.10 Å². The molecule has 3 N–H and O–H groups in total. The first-order valence-corrected chi connectivity index (χ1v) is 7.65. The molecule has 2 rings (SSSR count). The Morgan fingerprint density at radius 1 is 1.26 bits per heavy atom. The molecule has 120 valence electrons. The maximum Gasteiger partial charge on any atom is 0.291 e. The van der Waals surface area contributed by atoms with Gasteiger partial charge in [0.1, 0.15) is 5.02 Å². The number of aryl methyl sites for hydroxylation is 2. The van der Waals surface area contributed by atoms with Crippen LogP contribution in [-0.4, -0.2) is 17.1 Å². The Morgan fingerprint density at radius 2 is 1.96 bits per heavy atom. The molecule has 8 heteroatoms. The van der Waals surface area contributed by atoms with E-state index in [1.807, 2.05) is 32.0 Å². The Kier molecular flexibility index (Phi) is 5.46. The van der Waals surface area contributed by atoms with Crippen molar-refractivity contribution in [3.63, 3.8) is 0 Å². The average molecular weight is 372 g/mol. The van der Waals surface area contributed by atoms with Crippen molar-refractivity contribution in [3.05, 3.63) is 55.8 Å².